The largest absolute Gasteiger partial charge is 0.264 e. The minimum atomic E-state index is -3.69. The quantitative estimate of drug-likeness (QED) is 0.629. The van der Waals surface area contributed by atoms with Gasteiger partial charge in [-0.25, -0.2) is 8.42 Å². The fourth-order valence-electron chi connectivity index (χ4n) is 2.51. The molecule has 0 aliphatic rings. The van der Waals surface area contributed by atoms with Gasteiger partial charge in [0.2, 0.25) is 0 Å². The molecule has 128 valence electrons. The van der Waals surface area contributed by atoms with Crippen molar-refractivity contribution in [2.45, 2.75) is 18.4 Å². The van der Waals surface area contributed by atoms with Gasteiger partial charge in [-0.05, 0) is 48.9 Å². The third-order valence-electron chi connectivity index (χ3n) is 3.89. The van der Waals surface area contributed by atoms with Gasteiger partial charge in [0, 0.05) is 5.02 Å². The number of nitrogens with zero attached hydrogens (tertiary/aromatic N) is 1. The lowest BCUT2D eigenvalue weighted by atomic mass is 10.2. The van der Waals surface area contributed by atoms with Gasteiger partial charge in [0.05, 0.1) is 17.1 Å². The van der Waals surface area contributed by atoms with Crippen LogP contribution in [0.15, 0.2) is 83.8 Å². The summed E-state index contributed by atoms with van der Waals surface area (Å²) in [5.74, 6) is 0. The van der Waals surface area contributed by atoms with Crippen LogP contribution < -0.4 is 4.31 Å². The maximum atomic E-state index is 13.2. The highest BCUT2D eigenvalue weighted by atomic mass is 35.5. The number of anilines is 1. The van der Waals surface area contributed by atoms with Gasteiger partial charge in [-0.2, -0.15) is 0 Å². The lowest BCUT2D eigenvalue weighted by Gasteiger charge is -2.25. The van der Waals surface area contributed by atoms with Crippen molar-refractivity contribution in [2.24, 2.45) is 0 Å². The maximum absolute atomic E-state index is 13.2. The fourth-order valence-corrected chi connectivity index (χ4v) is 4.09. The van der Waals surface area contributed by atoms with Crippen LogP contribution in [0.4, 0.5) is 5.69 Å². The SMILES string of the molecule is Cc1ccc(S(=O)(=O)N(Cc2ccccc2)c2ccc(Cl)cc2)cc1. The van der Waals surface area contributed by atoms with Crippen molar-refractivity contribution in [2.75, 3.05) is 4.31 Å². The van der Waals surface area contributed by atoms with Gasteiger partial charge in [-0.15, -0.1) is 0 Å². The van der Waals surface area contributed by atoms with Crippen molar-refractivity contribution >= 4 is 27.3 Å². The van der Waals surface area contributed by atoms with Crippen LogP contribution in [0.2, 0.25) is 5.02 Å². The Morgan fingerprint density at radius 1 is 0.840 bits per heavy atom. The molecule has 3 nitrogen and oxygen atoms in total. The first kappa shape index (κ1) is 17.5. The topological polar surface area (TPSA) is 37.4 Å². The van der Waals surface area contributed by atoms with Crippen molar-refractivity contribution in [3.63, 3.8) is 0 Å². The number of halogens is 1. The zero-order chi connectivity index (χ0) is 17.9. The predicted molar refractivity (Wildman–Crippen MR) is 102 cm³/mol. The van der Waals surface area contributed by atoms with Gasteiger partial charge in [-0.3, -0.25) is 4.31 Å². The molecule has 0 aliphatic carbocycles. The Morgan fingerprint density at radius 3 is 2.04 bits per heavy atom. The number of benzene rings is 3. The van der Waals surface area contributed by atoms with Gasteiger partial charge < -0.3 is 0 Å². The van der Waals surface area contributed by atoms with Crippen molar-refractivity contribution in [3.8, 4) is 0 Å². The van der Waals surface area contributed by atoms with Crippen LogP contribution in [0.1, 0.15) is 11.1 Å². The number of sulfonamides is 1. The van der Waals surface area contributed by atoms with E-state index in [1.54, 1.807) is 48.5 Å². The number of hydrogen-bond donors (Lipinski definition) is 0. The number of rotatable bonds is 5. The summed E-state index contributed by atoms with van der Waals surface area (Å²) in [5.41, 5.74) is 2.50. The molecule has 0 aliphatic heterocycles. The molecular formula is C20H18ClNO2S. The molecule has 3 aromatic rings. The van der Waals surface area contributed by atoms with Crippen molar-refractivity contribution in [1.82, 2.24) is 0 Å². The Balaban J connectivity index is 2.06. The van der Waals surface area contributed by atoms with Crippen LogP contribution >= 0.6 is 11.6 Å². The maximum Gasteiger partial charge on any atom is 0.264 e. The molecule has 0 atom stereocenters. The van der Waals surface area contributed by atoms with E-state index in [1.807, 2.05) is 37.3 Å². The van der Waals surface area contributed by atoms with Crippen molar-refractivity contribution in [3.05, 3.63) is 95.0 Å². The second kappa shape index (κ2) is 7.30. The Labute approximate surface area is 153 Å². The fraction of sp³-hybridized carbons (Fsp3) is 0.100. The Bertz CT molecular complexity index is 937. The van der Waals surface area contributed by atoms with E-state index >= 15 is 0 Å². The van der Waals surface area contributed by atoms with E-state index in [2.05, 4.69) is 0 Å². The molecule has 0 radical (unpaired) electrons. The molecule has 0 amide bonds. The van der Waals surface area contributed by atoms with Crippen LogP contribution in [0.5, 0.6) is 0 Å². The molecule has 0 N–H and O–H groups in total. The molecular weight excluding hydrogens is 354 g/mol. The lowest BCUT2D eigenvalue weighted by molar-refractivity contribution is 0.590. The van der Waals surface area contributed by atoms with E-state index in [0.717, 1.165) is 11.1 Å². The van der Waals surface area contributed by atoms with E-state index in [9.17, 15) is 8.42 Å². The second-order valence-corrected chi connectivity index (χ2v) is 8.09. The van der Waals surface area contributed by atoms with Gasteiger partial charge in [0.25, 0.3) is 10.0 Å². The molecule has 0 saturated carbocycles. The van der Waals surface area contributed by atoms with Gasteiger partial charge >= 0.3 is 0 Å². The smallest absolute Gasteiger partial charge is 0.262 e. The summed E-state index contributed by atoms with van der Waals surface area (Å²) in [7, 11) is -3.69. The van der Waals surface area contributed by atoms with Crippen LogP contribution in [-0.4, -0.2) is 8.42 Å². The van der Waals surface area contributed by atoms with Gasteiger partial charge in [-0.1, -0.05) is 59.6 Å². The van der Waals surface area contributed by atoms with E-state index in [-0.39, 0.29) is 11.4 Å². The summed E-state index contributed by atoms with van der Waals surface area (Å²) in [5, 5.41) is 0.566. The predicted octanol–water partition coefficient (Wildman–Crippen LogP) is 5.04. The third kappa shape index (κ3) is 4.03. The van der Waals surface area contributed by atoms with E-state index in [1.165, 1.54) is 4.31 Å². The molecule has 25 heavy (non-hydrogen) atoms. The lowest BCUT2D eigenvalue weighted by Crippen LogP contribution is -2.30. The molecule has 0 saturated heterocycles. The highest BCUT2D eigenvalue weighted by Crippen LogP contribution is 2.27. The van der Waals surface area contributed by atoms with Gasteiger partial charge in [0.15, 0.2) is 0 Å². The Morgan fingerprint density at radius 2 is 1.44 bits per heavy atom. The average molecular weight is 372 g/mol. The first-order chi connectivity index (χ1) is 12.0. The zero-order valence-electron chi connectivity index (χ0n) is 13.8. The van der Waals surface area contributed by atoms with Crippen LogP contribution in [-0.2, 0) is 16.6 Å². The zero-order valence-corrected chi connectivity index (χ0v) is 15.3. The molecule has 0 aromatic heterocycles. The number of hydrogen-bond acceptors (Lipinski definition) is 2. The van der Waals surface area contributed by atoms with E-state index < -0.39 is 10.0 Å². The van der Waals surface area contributed by atoms with E-state index in [0.29, 0.717) is 10.7 Å². The minimum absolute atomic E-state index is 0.249. The number of aryl methyl sites for hydroxylation is 1. The standard InChI is InChI=1S/C20H18ClNO2S/c1-16-7-13-20(14-8-16)25(23,24)22(15-17-5-3-2-4-6-17)19-11-9-18(21)10-12-19/h2-14H,15H2,1H3. The highest BCUT2D eigenvalue weighted by Gasteiger charge is 2.25. The van der Waals surface area contributed by atoms with E-state index in [4.69, 9.17) is 11.6 Å². The summed E-state index contributed by atoms with van der Waals surface area (Å²) >= 11 is 5.96. The summed E-state index contributed by atoms with van der Waals surface area (Å²) in [6.07, 6.45) is 0. The summed E-state index contributed by atoms with van der Waals surface area (Å²) < 4.78 is 27.9. The molecule has 0 bridgehead atoms. The molecule has 0 heterocycles. The van der Waals surface area contributed by atoms with Crippen LogP contribution in [0.3, 0.4) is 0 Å². The second-order valence-electron chi connectivity index (χ2n) is 5.79. The molecule has 3 aromatic carbocycles. The first-order valence-corrected chi connectivity index (χ1v) is 9.67. The molecule has 3 rings (SSSR count). The molecule has 0 unspecified atom stereocenters. The van der Waals surface area contributed by atoms with Crippen LogP contribution in [0.25, 0.3) is 0 Å². The summed E-state index contributed by atoms with van der Waals surface area (Å²) in [4.78, 5) is 0.268. The Hall–Kier alpha value is -2.30. The summed E-state index contributed by atoms with van der Waals surface area (Å²) in [6.45, 7) is 2.18. The minimum Gasteiger partial charge on any atom is -0.262 e. The average Bonchev–Trinajstić information content (AvgIpc) is 2.62. The molecule has 5 heteroatoms. The highest BCUT2D eigenvalue weighted by molar-refractivity contribution is 7.92. The molecule has 0 fully saturated rings. The first-order valence-electron chi connectivity index (χ1n) is 7.86. The van der Waals surface area contributed by atoms with Crippen LogP contribution in [0, 0.1) is 6.92 Å². The Kier molecular flexibility index (Phi) is 5.11. The normalized spacial score (nSPS) is 11.3. The van der Waals surface area contributed by atoms with Crippen molar-refractivity contribution in [1.29, 1.82) is 0 Å². The van der Waals surface area contributed by atoms with Crippen molar-refractivity contribution < 1.29 is 8.42 Å². The van der Waals surface area contributed by atoms with Gasteiger partial charge in [0.1, 0.15) is 0 Å². The summed E-state index contributed by atoms with van der Waals surface area (Å²) in [6, 6.07) is 23.2. The molecule has 0 spiro atoms. The monoisotopic (exact) mass is 371 g/mol. The third-order valence-corrected chi connectivity index (χ3v) is 5.93.